The molecule has 27 heavy (non-hydrogen) atoms. The Morgan fingerprint density at radius 2 is 2.00 bits per heavy atom. The predicted molar refractivity (Wildman–Crippen MR) is 108 cm³/mol. The Labute approximate surface area is 164 Å². The maximum absolute atomic E-state index is 12.5. The maximum atomic E-state index is 12.5. The minimum absolute atomic E-state index is 0.172. The molecule has 0 bridgehead atoms. The monoisotopic (exact) mass is 386 g/mol. The summed E-state index contributed by atoms with van der Waals surface area (Å²) in [7, 11) is 1.64. The molecule has 0 radical (unpaired) electrons. The van der Waals surface area contributed by atoms with Gasteiger partial charge in [-0.3, -0.25) is 9.36 Å². The van der Waals surface area contributed by atoms with Crippen molar-refractivity contribution in [1.82, 2.24) is 19.7 Å². The van der Waals surface area contributed by atoms with Crippen molar-refractivity contribution in [2.24, 2.45) is 5.92 Å². The molecule has 0 N–H and O–H groups in total. The number of ether oxygens (including phenoxy) is 1. The molecule has 1 aromatic carbocycles. The van der Waals surface area contributed by atoms with E-state index in [0.29, 0.717) is 18.2 Å². The van der Waals surface area contributed by atoms with E-state index in [1.807, 2.05) is 39.8 Å². The second-order valence-electron chi connectivity index (χ2n) is 6.79. The van der Waals surface area contributed by atoms with Gasteiger partial charge >= 0.3 is 0 Å². The molecule has 144 valence electrons. The molecular formula is C20H26N4O2S. The maximum Gasteiger partial charge on any atom is 0.233 e. The zero-order chi connectivity index (χ0) is 19.2. The van der Waals surface area contributed by atoms with Crippen LogP contribution >= 0.6 is 11.8 Å². The van der Waals surface area contributed by atoms with Crippen molar-refractivity contribution in [2.45, 2.75) is 31.5 Å². The van der Waals surface area contributed by atoms with Crippen molar-refractivity contribution < 1.29 is 9.53 Å². The van der Waals surface area contributed by atoms with Crippen LogP contribution in [-0.4, -0.2) is 51.5 Å². The number of amides is 1. The standard InChI is InChI=1S/C20H26N4O2S/c1-4-11-24-19(16-5-7-17(26-3)8-6-16)21-22-20(24)27-14-18(25)23-12-9-15(2)10-13-23/h4-8,15H,1,9-14H2,2-3H3. The fourth-order valence-corrected chi connectivity index (χ4v) is 3.97. The number of benzene rings is 1. The number of piperidine rings is 1. The Morgan fingerprint density at radius 1 is 1.30 bits per heavy atom. The van der Waals surface area contributed by atoms with Crippen LogP contribution in [0.1, 0.15) is 19.8 Å². The molecule has 0 atom stereocenters. The molecule has 1 aliphatic rings. The molecule has 0 aliphatic carbocycles. The molecule has 1 fully saturated rings. The van der Waals surface area contributed by atoms with Crippen LogP contribution in [0, 0.1) is 5.92 Å². The molecule has 7 heteroatoms. The van der Waals surface area contributed by atoms with E-state index in [4.69, 9.17) is 4.74 Å². The molecule has 3 rings (SSSR count). The number of likely N-dealkylation sites (tertiary alicyclic amines) is 1. The van der Waals surface area contributed by atoms with Gasteiger partial charge in [0.15, 0.2) is 11.0 Å². The van der Waals surface area contributed by atoms with Gasteiger partial charge in [-0.1, -0.05) is 24.8 Å². The number of aromatic nitrogens is 3. The third kappa shape index (κ3) is 4.71. The second kappa shape index (κ2) is 9.08. The molecule has 0 spiro atoms. The number of carbonyl (C=O) groups is 1. The van der Waals surface area contributed by atoms with Gasteiger partial charge in [-0.25, -0.2) is 0 Å². The number of thioether (sulfide) groups is 1. The highest BCUT2D eigenvalue weighted by Gasteiger charge is 2.21. The fourth-order valence-electron chi connectivity index (χ4n) is 3.12. The van der Waals surface area contributed by atoms with Crippen molar-refractivity contribution in [1.29, 1.82) is 0 Å². The zero-order valence-corrected chi connectivity index (χ0v) is 16.7. The summed E-state index contributed by atoms with van der Waals surface area (Å²) in [5, 5.41) is 9.38. The Hall–Kier alpha value is -2.28. The molecular weight excluding hydrogens is 360 g/mol. The van der Waals surface area contributed by atoms with E-state index < -0.39 is 0 Å². The van der Waals surface area contributed by atoms with Gasteiger partial charge in [-0.05, 0) is 43.0 Å². The Balaban J connectivity index is 1.70. The first-order valence-corrected chi connectivity index (χ1v) is 10.2. The molecule has 1 saturated heterocycles. The zero-order valence-electron chi connectivity index (χ0n) is 15.9. The third-order valence-electron chi connectivity index (χ3n) is 4.84. The molecule has 6 nitrogen and oxygen atoms in total. The van der Waals surface area contributed by atoms with E-state index in [9.17, 15) is 4.79 Å². The highest BCUT2D eigenvalue weighted by molar-refractivity contribution is 7.99. The van der Waals surface area contributed by atoms with Crippen molar-refractivity contribution in [3.05, 3.63) is 36.9 Å². The quantitative estimate of drug-likeness (QED) is 0.538. The topological polar surface area (TPSA) is 60.2 Å². The first-order valence-electron chi connectivity index (χ1n) is 9.21. The summed E-state index contributed by atoms with van der Waals surface area (Å²) in [5.74, 6) is 2.83. The summed E-state index contributed by atoms with van der Waals surface area (Å²) in [4.78, 5) is 14.5. The largest absolute Gasteiger partial charge is 0.497 e. The average Bonchev–Trinajstić information content (AvgIpc) is 3.09. The highest BCUT2D eigenvalue weighted by atomic mass is 32.2. The van der Waals surface area contributed by atoms with Gasteiger partial charge < -0.3 is 9.64 Å². The number of allylic oxidation sites excluding steroid dienone is 1. The lowest BCUT2D eigenvalue weighted by Gasteiger charge is -2.30. The third-order valence-corrected chi connectivity index (χ3v) is 5.79. The number of carbonyl (C=O) groups excluding carboxylic acids is 1. The normalized spacial score (nSPS) is 15.0. The van der Waals surface area contributed by atoms with Gasteiger partial charge in [-0.15, -0.1) is 16.8 Å². The first kappa shape index (κ1) is 19.5. The smallest absolute Gasteiger partial charge is 0.233 e. The van der Waals surface area contributed by atoms with Crippen molar-refractivity contribution in [3.63, 3.8) is 0 Å². The molecule has 2 aromatic rings. The Kier molecular flexibility index (Phi) is 6.55. The van der Waals surface area contributed by atoms with Crippen LogP contribution in [0.15, 0.2) is 42.1 Å². The Morgan fingerprint density at radius 3 is 2.63 bits per heavy atom. The van der Waals surface area contributed by atoms with Gasteiger partial charge in [0, 0.05) is 25.2 Å². The lowest BCUT2D eigenvalue weighted by molar-refractivity contribution is -0.129. The molecule has 1 aliphatic heterocycles. The minimum atomic E-state index is 0.172. The number of nitrogens with zero attached hydrogens (tertiary/aromatic N) is 4. The van der Waals surface area contributed by atoms with Crippen molar-refractivity contribution in [2.75, 3.05) is 26.0 Å². The van der Waals surface area contributed by atoms with Gasteiger partial charge in [0.1, 0.15) is 5.75 Å². The lowest BCUT2D eigenvalue weighted by Crippen LogP contribution is -2.38. The van der Waals surface area contributed by atoms with Crippen LogP contribution in [0.4, 0.5) is 0 Å². The number of methoxy groups -OCH3 is 1. The highest BCUT2D eigenvalue weighted by Crippen LogP contribution is 2.26. The second-order valence-corrected chi connectivity index (χ2v) is 7.73. The number of hydrogen-bond acceptors (Lipinski definition) is 5. The number of hydrogen-bond donors (Lipinski definition) is 0. The van der Waals surface area contributed by atoms with Gasteiger partial charge in [0.25, 0.3) is 0 Å². The van der Waals surface area contributed by atoms with E-state index in [0.717, 1.165) is 48.2 Å². The summed E-state index contributed by atoms with van der Waals surface area (Å²) >= 11 is 1.44. The van der Waals surface area contributed by atoms with E-state index >= 15 is 0 Å². The average molecular weight is 387 g/mol. The van der Waals surface area contributed by atoms with Crippen LogP contribution < -0.4 is 4.74 Å². The fraction of sp³-hybridized carbons (Fsp3) is 0.450. The van der Waals surface area contributed by atoms with Crippen LogP contribution in [0.25, 0.3) is 11.4 Å². The first-order chi connectivity index (χ1) is 13.1. The van der Waals surface area contributed by atoms with E-state index in [1.54, 1.807) is 7.11 Å². The lowest BCUT2D eigenvalue weighted by atomic mass is 9.99. The number of rotatable bonds is 7. The summed E-state index contributed by atoms with van der Waals surface area (Å²) in [6.07, 6.45) is 3.99. The summed E-state index contributed by atoms with van der Waals surface area (Å²) in [6.45, 7) is 8.38. The van der Waals surface area contributed by atoms with Crippen LogP contribution in [0.3, 0.4) is 0 Å². The van der Waals surface area contributed by atoms with Crippen LogP contribution in [0.5, 0.6) is 5.75 Å². The van der Waals surface area contributed by atoms with E-state index in [-0.39, 0.29) is 5.91 Å². The summed E-state index contributed by atoms with van der Waals surface area (Å²) in [6, 6.07) is 7.71. The van der Waals surface area contributed by atoms with Gasteiger partial charge in [0.05, 0.1) is 12.9 Å². The molecule has 1 amide bonds. The summed E-state index contributed by atoms with van der Waals surface area (Å²) in [5.41, 5.74) is 0.952. The van der Waals surface area contributed by atoms with Crippen LogP contribution in [0.2, 0.25) is 0 Å². The van der Waals surface area contributed by atoms with Crippen molar-refractivity contribution >= 4 is 17.7 Å². The van der Waals surface area contributed by atoms with Gasteiger partial charge in [-0.2, -0.15) is 0 Å². The minimum Gasteiger partial charge on any atom is -0.497 e. The molecule has 0 saturated carbocycles. The van der Waals surface area contributed by atoms with Crippen molar-refractivity contribution in [3.8, 4) is 17.1 Å². The summed E-state index contributed by atoms with van der Waals surface area (Å²) < 4.78 is 7.20. The van der Waals surface area contributed by atoms with E-state index in [2.05, 4.69) is 23.7 Å². The molecule has 1 aromatic heterocycles. The molecule has 2 heterocycles. The predicted octanol–water partition coefficient (Wildman–Crippen LogP) is 3.49. The Bertz CT molecular complexity index is 780. The van der Waals surface area contributed by atoms with E-state index in [1.165, 1.54) is 11.8 Å². The van der Waals surface area contributed by atoms with Crippen LogP contribution in [-0.2, 0) is 11.3 Å². The SMILES string of the molecule is C=CCn1c(SCC(=O)N2CCC(C)CC2)nnc1-c1ccc(OC)cc1. The molecule has 0 unspecified atom stereocenters. The van der Waals surface area contributed by atoms with Gasteiger partial charge in [0.2, 0.25) is 5.91 Å².